The molecule has 1 heterocycles. The summed E-state index contributed by atoms with van der Waals surface area (Å²) < 4.78 is 13.4. The van der Waals surface area contributed by atoms with E-state index < -0.39 is 22.0 Å². The van der Waals surface area contributed by atoms with Gasteiger partial charge < -0.3 is 10.3 Å². The summed E-state index contributed by atoms with van der Waals surface area (Å²) in [4.78, 5) is 26.8. The van der Waals surface area contributed by atoms with Crippen LogP contribution in [-0.2, 0) is 0 Å². The van der Waals surface area contributed by atoms with Crippen molar-refractivity contribution in [1.29, 1.82) is 0 Å². The van der Waals surface area contributed by atoms with Gasteiger partial charge in [-0.15, -0.1) is 0 Å². The van der Waals surface area contributed by atoms with Crippen molar-refractivity contribution in [3.05, 3.63) is 56.9 Å². The fraction of sp³-hybridized carbons (Fsp3) is 0. The third-order valence-corrected chi connectivity index (χ3v) is 2.14. The minimum Gasteiger partial charge on any atom is -0.332 e. The molecule has 0 aliphatic rings. The normalized spacial score (nSPS) is 10.1. The van der Waals surface area contributed by atoms with Crippen LogP contribution in [-0.4, -0.2) is 14.9 Å². The van der Waals surface area contributed by atoms with Crippen molar-refractivity contribution >= 4 is 17.2 Å². The van der Waals surface area contributed by atoms with Gasteiger partial charge in [-0.2, -0.15) is 0 Å². The number of aromatic nitrogens is 2. The molecule has 0 aliphatic carbocycles. The van der Waals surface area contributed by atoms with E-state index in [2.05, 4.69) is 15.3 Å². The average molecular weight is 250 g/mol. The van der Waals surface area contributed by atoms with Crippen LogP contribution < -0.4 is 10.9 Å². The summed E-state index contributed by atoms with van der Waals surface area (Å²) in [5, 5.41) is 13.1. The molecule has 0 bridgehead atoms. The van der Waals surface area contributed by atoms with Crippen molar-refractivity contribution < 1.29 is 9.31 Å². The molecule has 0 spiro atoms. The van der Waals surface area contributed by atoms with E-state index in [-0.39, 0.29) is 11.5 Å². The van der Waals surface area contributed by atoms with Gasteiger partial charge in [-0.05, 0) is 12.1 Å². The van der Waals surface area contributed by atoms with Crippen molar-refractivity contribution in [2.24, 2.45) is 0 Å². The zero-order valence-electron chi connectivity index (χ0n) is 8.88. The van der Waals surface area contributed by atoms with E-state index in [0.29, 0.717) is 0 Å². The van der Waals surface area contributed by atoms with Gasteiger partial charge in [0.05, 0.1) is 16.9 Å². The van der Waals surface area contributed by atoms with Crippen LogP contribution >= 0.6 is 0 Å². The zero-order valence-corrected chi connectivity index (χ0v) is 8.88. The average Bonchev–Trinajstić information content (AvgIpc) is 2.31. The summed E-state index contributed by atoms with van der Waals surface area (Å²) in [6, 6.07) is 5.58. The van der Waals surface area contributed by atoms with Gasteiger partial charge in [0.2, 0.25) is 5.82 Å². The van der Waals surface area contributed by atoms with E-state index in [1.54, 1.807) is 6.07 Å². The smallest absolute Gasteiger partial charge is 0.332 e. The number of hydrogen-bond donors (Lipinski definition) is 2. The molecular weight excluding hydrogens is 243 g/mol. The van der Waals surface area contributed by atoms with E-state index >= 15 is 0 Å². The van der Waals surface area contributed by atoms with Crippen LogP contribution in [0.2, 0.25) is 0 Å². The molecule has 7 nitrogen and oxygen atoms in total. The molecule has 2 aromatic rings. The van der Waals surface area contributed by atoms with Crippen LogP contribution in [0, 0.1) is 15.9 Å². The van der Waals surface area contributed by atoms with Crippen LogP contribution in [0.5, 0.6) is 0 Å². The van der Waals surface area contributed by atoms with E-state index in [0.717, 1.165) is 6.33 Å². The maximum atomic E-state index is 13.4. The number of halogens is 1. The highest BCUT2D eigenvalue weighted by atomic mass is 19.1. The number of nitrogens with one attached hydrogen (secondary N) is 2. The second-order valence-electron chi connectivity index (χ2n) is 3.29. The molecular formula is C10H7FN4O3. The summed E-state index contributed by atoms with van der Waals surface area (Å²) in [7, 11) is 0. The Morgan fingerprint density at radius 1 is 1.39 bits per heavy atom. The molecule has 0 amide bonds. The first-order valence-electron chi connectivity index (χ1n) is 4.83. The Balaban J connectivity index is 2.48. The Kier molecular flexibility index (Phi) is 3.00. The molecule has 0 saturated heterocycles. The Labute approximate surface area is 99.5 Å². The van der Waals surface area contributed by atoms with Crippen LogP contribution in [0.1, 0.15) is 0 Å². The SMILES string of the molecule is O=c1[nH]cnc(Nc2ccccc2F)c1[N+](=O)[O-]. The first-order chi connectivity index (χ1) is 8.59. The number of hydrogen-bond acceptors (Lipinski definition) is 5. The molecule has 0 aliphatic heterocycles. The number of nitro groups is 1. The second kappa shape index (κ2) is 4.62. The quantitative estimate of drug-likeness (QED) is 0.635. The lowest BCUT2D eigenvalue weighted by Gasteiger charge is -2.05. The number of aromatic amines is 1. The summed E-state index contributed by atoms with van der Waals surface area (Å²) in [5.41, 5.74) is -1.67. The van der Waals surface area contributed by atoms with E-state index in [9.17, 15) is 19.3 Å². The molecule has 2 N–H and O–H groups in total. The first kappa shape index (κ1) is 11.7. The summed E-state index contributed by atoms with van der Waals surface area (Å²) >= 11 is 0. The highest BCUT2D eigenvalue weighted by Gasteiger charge is 2.21. The predicted octanol–water partition coefficient (Wildman–Crippen LogP) is 1.56. The molecule has 2 rings (SSSR count). The first-order valence-corrected chi connectivity index (χ1v) is 4.83. The Morgan fingerprint density at radius 3 is 2.78 bits per heavy atom. The minimum atomic E-state index is -0.908. The van der Waals surface area contributed by atoms with E-state index in [1.807, 2.05) is 0 Å². The lowest BCUT2D eigenvalue weighted by Crippen LogP contribution is -2.14. The maximum absolute atomic E-state index is 13.4. The molecule has 92 valence electrons. The standard InChI is InChI=1S/C10H7FN4O3/c11-6-3-1-2-4-7(6)14-9-8(15(17)18)10(16)13-5-12-9/h1-5H,(H2,12,13,14,16). The number of nitrogens with zero attached hydrogens (tertiary/aromatic N) is 2. The second-order valence-corrected chi connectivity index (χ2v) is 3.29. The largest absolute Gasteiger partial charge is 0.376 e. The Bertz CT molecular complexity index is 656. The third kappa shape index (κ3) is 2.17. The summed E-state index contributed by atoms with van der Waals surface area (Å²) in [6.45, 7) is 0. The van der Waals surface area contributed by atoms with Crippen LogP contribution in [0.3, 0.4) is 0 Å². The minimum absolute atomic E-state index is 0.00120. The van der Waals surface area contributed by atoms with Crippen molar-refractivity contribution in [2.45, 2.75) is 0 Å². The molecule has 1 aromatic heterocycles. The zero-order chi connectivity index (χ0) is 13.1. The Morgan fingerprint density at radius 2 is 2.11 bits per heavy atom. The molecule has 0 atom stereocenters. The third-order valence-electron chi connectivity index (χ3n) is 2.14. The molecule has 0 fully saturated rings. The molecule has 0 saturated carbocycles. The van der Waals surface area contributed by atoms with Gasteiger partial charge >= 0.3 is 11.2 Å². The van der Waals surface area contributed by atoms with Gasteiger partial charge in [0.1, 0.15) is 5.82 Å². The van der Waals surface area contributed by atoms with E-state index in [4.69, 9.17) is 0 Å². The molecule has 18 heavy (non-hydrogen) atoms. The fourth-order valence-electron chi connectivity index (χ4n) is 1.34. The lowest BCUT2D eigenvalue weighted by molar-refractivity contribution is -0.385. The predicted molar refractivity (Wildman–Crippen MR) is 61.2 cm³/mol. The number of rotatable bonds is 3. The van der Waals surface area contributed by atoms with Gasteiger partial charge in [-0.3, -0.25) is 14.9 Å². The number of anilines is 2. The summed E-state index contributed by atoms with van der Waals surface area (Å²) in [6.07, 6.45) is 0.999. The van der Waals surface area contributed by atoms with Gasteiger partial charge in [0.25, 0.3) is 0 Å². The fourth-order valence-corrected chi connectivity index (χ4v) is 1.34. The maximum Gasteiger partial charge on any atom is 0.376 e. The number of benzene rings is 1. The Hall–Kier alpha value is -2.77. The van der Waals surface area contributed by atoms with Gasteiger partial charge in [0, 0.05) is 0 Å². The molecule has 0 unspecified atom stereocenters. The van der Waals surface area contributed by atoms with Crippen molar-refractivity contribution in [1.82, 2.24) is 9.97 Å². The van der Waals surface area contributed by atoms with Gasteiger partial charge in [-0.1, -0.05) is 12.1 Å². The molecule has 8 heteroatoms. The van der Waals surface area contributed by atoms with Crippen LogP contribution in [0.4, 0.5) is 21.6 Å². The number of para-hydroxylation sites is 1. The molecule has 1 aromatic carbocycles. The van der Waals surface area contributed by atoms with E-state index in [1.165, 1.54) is 18.2 Å². The highest BCUT2D eigenvalue weighted by Crippen LogP contribution is 2.22. The van der Waals surface area contributed by atoms with Gasteiger partial charge in [-0.25, -0.2) is 9.37 Å². The van der Waals surface area contributed by atoms with Gasteiger partial charge in [0.15, 0.2) is 0 Å². The molecule has 0 radical (unpaired) electrons. The highest BCUT2D eigenvalue weighted by molar-refractivity contribution is 5.64. The number of H-pyrrole nitrogens is 1. The van der Waals surface area contributed by atoms with Crippen LogP contribution in [0.15, 0.2) is 35.4 Å². The van der Waals surface area contributed by atoms with Crippen molar-refractivity contribution in [3.8, 4) is 0 Å². The lowest BCUT2D eigenvalue weighted by atomic mass is 10.3. The summed E-state index contributed by atoms with van der Waals surface area (Å²) in [5.74, 6) is -0.914. The van der Waals surface area contributed by atoms with Crippen molar-refractivity contribution in [3.63, 3.8) is 0 Å². The topological polar surface area (TPSA) is 101 Å². The van der Waals surface area contributed by atoms with Crippen molar-refractivity contribution in [2.75, 3.05) is 5.32 Å². The monoisotopic (exact) mass is 250 g/mol. The van der Waals surface area contributed by atoms with Crippen LogP contribution in [0.25, 0.3) is 0 Å².